The molecule has 0 aromatic carbocycles. The smallest absolute Gasteiger partial charge is 0.154 e. The van der Waals surface area contributed by atoms with Gasteiger partial charge in [0, 0.05) is 17.8 Å². The first-order valence-corrected chi connectivity index (χ1v) is 4.63. The van der Waals surface area contributed by atoms with Crippen molar-refractivity contribution in [3.05, 3.63) is 17.3 Å². The molecule has 1 heterocycles. The third-order valence-corrected chi connectivity index (χ3v) is 2.43. The maximum Gasteiger partial charge on any atom is 0.154 e. The Balaban J connectivity index is 3.33. The van der Waals surface area contributed by atoms with E-state index in [0.29, 0.717) is 10.9 Å². The SMILES string of the molecule is C/C=C(/Cl)c1c(N)nn(C)c1CC. The first-order valence-electron chi connectivity index (χ1n) is 4.25. The molecule has 4 heteroatoms. The number of rotatable bonds is 2. The quantitative estimate of drug-likeness (QED) is 0.794. The number of allylic oxidation sites excluding steroid dienone is 1. The highest BCUT2D eigenvalue weighted by atomic mass is 35.5. The molecule has 0 amide bonds. The summed E-state index contributed by atoms with van der Waals surface area (Å²) in [5.74, 6) is 0.502. The van der Waals surface area contributed by atoms with Crippen molar-refractivity contribution in [3.8, 4) is 0 Å². The number of nitrogen functional groups attached to an aromatic ring is 1. The van der Waals surface area contributed by atoms with Crippen LogP contribution in [0.15, 0.2) is 6.08 Å². The van der Waals surface area contributed by atoms with E-state index in [1.807, 2.05) is 20.0 Å². The molecule has 0 aliphatic carbocycles. The molecule has 0 saturated carbocycles. The molecule has 1 aromatic heterocycles. The van der Waals surface area contributed by atoms with Gasteiger partial charge in [0.2, 0.25) is 0 Å². The predicted molar refractivity (Wildman–Crippen MR) is 56.5 cm³/mol. The molecule has 72 valence electrons. The van der Waals surface area contributed by atoms with Crippen LogP contribution in [0.3, 0.4) is 0 Å². The molecule has 1 rings (SSSR count). The van der Waals surface area contributed by atoms with Crippen LogP contribution in [0.25, 0.3) is 5.03 Å². The molecular formula is C9H14ClN3. The highest BCUT2D eigenvalue weighted by molar-refractivity contribution is 6.49. The largest absolute Gasteiger partial charge is 0.382 e. The van der Waals surface area contributed by atoms with Gasteiger partial charge in [0.25, 0.3) is 0 Å². The summed E-state index contributed by atoms with van der Waals surface area (Å²) in [7, 11) is 1.87. The lowest BCUT2D eigenvalue weighted by Crippen LogP contribution is -1.97. The molecule has 3 nitrogen and oxygen atoms in total. The summed E-state index contributed by atoms with van der Waals surface area (Å²) in [4.78, 5) is 0. The Bertz CT molecular complexity index is 339. The second-order valence-electron chi connectivity index (χ2n) is 2.82. The Labute approximate surface area is 83.2 Å². The molecule has 0 saturated heterocycles. The standard InChI is InChI=1S/C9H14ClN3/c1-4-6(10)8-7(5-2)13(3)12-9(8)11/h4H,5H2,1-3H3,(H2,11,12)/b6-4+. The fourth-order valence-electron chi connectivity index (χ4n) is 1.39. The predicted octanol–water partition coefficient (Wildman–Crippen LogP) is 2.16. The van der Waals surface area contributed by atoms with Crippen LogP contribution in [-0.4, -0.2) is 9.78 Å². The minimum atomic E-state index is 0.502. The van der Waals surface area contributed by atoms with Gasteiger partial charge in [-0.05, 0) is 13.3 Å². The Morgan fingerprint density at radius 2 is 2.31 bits per heavy atom. The second kappa shape index (κ2) is 3.83. The Morgan fingerprint density at radius 3 is 2.77 bits per heavy atom. The van der Waals surface area contributed by atoms with Crippen LogP contribution < -0.4 is 5.73 Å². The number of nitrogens with two attached hydrogens (primary N) is 1. The van der Waals surface area contributed by atoms with Gasteiger partial charge in [0.1, 0.15) is 0 Å². The van der Waals surface area contributed by atoms with E-state index in [4.69, 9.17) is 17.3 Å². The number of hydrogen-bond acceptors (Lipinski definition) is 2. The minimum Gasteiger partial charge on any atom is -0.382 e. The number of aryl methyl sites for hydroxylation is 1. The van der Waals surface area contributed by atoms with Gasteiger partial charge in [-0.25, -0.2) is 0 Å². The molecule has 2 N–H and O–H groups in total. The average molecular weight is 200 g/mol. The topological polar surface area (TPSA) is 43.8 Å². The van der Waals surface area contributed by atoms with E-state index >= 15 is 0 Å². The molecule has 13 heavy (non-hydrogen) atoms. The lowest BCUT2D eigenvalue weighted by Gasteiger charge is -2.01. The van der Waals surface area contributed by atoms with Gasteiger partial charge < -0.3 is 5.73 Å². The number of nitrogens with zero attached hydrogens (tertiary/aromatic N) is 2. The van der Waals surface area contributed by atoms with Crippen molar-refractivity contribution in [2.24, 2.45) is 7.05 Å². The molecule has 0 aliphatic heterocycles. The van der Waals surface area contributed by atoms with E-state index in [-0.39, 0.29) is 0 Å². The van der Waals surface area contributed by atoms with Crippen molar-refractivity contribution in [2.75, 3.05) is 5.73 Å². The van der Waals surface area contributed by atoms with Crippen LogP contribution in [0.5, 0.6) is 0 Å². The summed E-state index contributed by atoms with van der Waals surface area (Å²) < 4.78 is 1.77. The molecule has 0 spiro atoms. The van der Waals surface area contributed by atoms with Crippen LogP contribution >= 0.6 is 11.6 Å². The van der Waals surface area contributed by atoms with Gasteiger partial charge in [-0.1, -0.05) is 24.6 Å². The van der Waals surface area contributed by atoms with Crippen molar-refractivity contribution in [1.82, 2.24) is 9.78 Å². The van der Waals surface area contributed by atoms with Crippen molar-refractivity contribution < 1.29 is 0 Å². The fourth-order valence-corrected chi connectivity index (χ4v) is 1.60. The summed E-state index contributed by atoms with van der Waals surface area (Å²) in [5, 5.41) is 4.79. The fraction of sp³-hybridized carbons (Fsp3) is 0.444. The second-order valence-corrected chi connectivity index (χ2v) is 3.23. The van der Waals surface area contributed by atoms with Crippen molar-refractivity contribution in [3.63, 3.8) is 0 Å². The highest BCUT2D eigenvalue weighted by Crippen LogP contribution is 2.27. The van der Waals surface area contributed by atoms with Gasteiger partial charge >= 0.3 is 0 Å². The molecule has 0 fully saturated rings. The third-order valence-electron chi connectivity index (χ3n) is 2.02. The summed E-state index contributed by atoms with van der Waals surface area (Å²) in [6.45, 7) is 3.94. The van der Waals surface area contributed by atoms with E-state index in [1.165, 1.54) is 0 Å². The monoisotopic (exact) mass is 199 g/mol. The Kier molecular flexibility index (Phi) is 2.98. The zero-order chi connectivity index (χ0) is 10.0. The maximum atomic E-state index is 6.02. The van der Waals surface area contributed by atoms with E-state index in [9.17, 15) is 0 Å². The van der Waals surface area contributed by atoms with Gasteiger partial charge in [-0.3, -0.25) is 4.68 Å². The van der Waals surface area contributed by atoms with Gasteiger partial charge in [0.05, 0.1) is 5.56 Å². The van der Waals surface area contributed by atoms with E-state index in [0.717, 1.165) is 17.7 Å². The lowest BCUT2D eigenvalue weighted by molar-refractivity contribution is 0.720. The van der Waals surface area contributed by atoms with Crippen molar-refractivity contribution in [2.45, 2.75) is 20.3 Å². The summed E-state index contributed by atoms with van der Waals surface area (Å²) in [5.41, 5.74) is 7.68. The molecule has 1 aromatic rings. The normalized spacial score (nSPS) is 12.2. The van der Waals surface area contributed by atoms with Crippen LogP contribution in [0.4, 0.5) is 5.82 Å². The number of anilines is 1. The van der Waals surface area contributed by atoms with Crippen LogP contribution in [0.2, 0.25) is 0 Å². The van der Waals surface area contributed by atoms with Crippen LogP contribution in [0, 0.1) is 0 Å². The molecule has 0 radical (unpaired) electrons. The number of hydrogen-bond donors (Lipinski definition) is 1. The molecule has 0 atom stereocenters. The minimum absolute atomic E-state index is 0.502. The van der Waals surface area contributed by atoms with E-state index < -0.39 is 0 Å². The summed E-state index contributed by atoms with van der Waals surface area (Å²) in [6, 6.07) is 0. The summed E-state index contributed by atoms with van der Waals surface area (Å²) >= 11 is 6.02. The van der Waals surface area contributed by atoms with Crippen LogP contribution in [-0.2, 0) is 13.5 Å². The zero-order valence-corrected chi connectivity index (χ0v) is 8.89. The van der Waals surface area contributed by atoms with Gasteiger partial charge in [0.15, 0.2) is 5.82 Å². The Morgan fingerprint density at radius 1 is 1.69 bits per heavy atom. The van der Waals surface area contributed by atoms with Crippen molar-refractivity contribution in [1.29, 1.82) is 0 Å². The number of halogens is 1. The van der Waals surface area contributed by atoms with Crippen molar-refractivity contribution >= 4 is 22.5 Å². The maximum absolute atomic E-state index is 6.02. The molecule has 0 bridgehead atoms. The van der Waals surface area contributed by atoms with Crippen LogP contribution in [0.1, 0.15) is 25.1 Å². The van der Waals surface area contributed by atoms with E-state index in [1.54, 1.807) is 4.68 Å². The molecule has 0 unspecified atom stereocenters. The van der Waals surface area contributed by atoms with E-state index in [2.05, 4.69) is 12.0 Å². The number of aromatic nitrogens is 2. The van der Waals surface area contributed by atoms with Gasteiger partial charge in [-0.15, -0.1) is 0 Å². The zero-order valence-electron chi connectivity index (χ0n) is 8.13. The first kappa shape index (κ1) is 10.1. The molecule has 0 aliphatic rings. The van der Waals surface area contributed by atoms with Gasteiger partial charge in [-0.2, -0.15) is 5.10 Å². The average Bonchev–Trinajstić information content (AvgIpc) is 2.39. The highest BCUT2D eigenvalue weighted by Gasteiger charge is 2.14. The Hall–Kier alpha value is -0.960. The first-order chi connectivity index (χ1) is 6.11. The summed E-state index contributed by atoms with van der Waals surface area (Å²) in [6.07, 6.45) is 2.70. The molecular weight excluding hydrogens is 186 g/mol. The lowest BCUT2D eigenvalue weighted by atomic mass is 10.2. The third kappa shape index (κ3) is 1.70.